The number of hydrogen-bond donors (Lipinski definition) is 1. The van der Waals surface area contributed by atoms with Crippen molar-refractivity contribution in [3.05, 3.63) is 23.3 Å². The van der Waals surface area contributed by atoms with E-state index in [1.54, 1.807) is 12.1 Å². The largest absolute Gasteiger partial charge is 0.491 e. The fourth-order valence-electron chi connectivity index (χ4n) is 2.20. The number of benzene rings is 1. The standard InChI is InChI=1S/C15H20O5/c1-4-18-8-11-7-12-13(19-9(2)3)5-10(15(16)17)6-14(12)20-11/h5-6,9,11H,4,7-8H2,1-3H3,(H,16,17). The molecule has 110 valence electrons. The molecule has 0 saturated heterocycles. The highest BCUT2D eigenvalue weighted by Crippen LogP contribution is 2.38. The summed E-state index contributed by atoms with van der Waals surface area (Å²) in [7, 11) is 0. The van der Waals surface area contributed by atoms with E-state index in [1.807, 2.05) is 20.8 Å². The third-order valence-electron chi connectivity index (χ3n) is 3.01. The zero-order chi connectivity index (χ0) is 14.7. The van der Waals surface area contributed by atoms with Crippen molar-refractivity contribution in [3.8, 4) is 11.5 Å². The summed E-state index contributed by atoms with van der Waals surface area (Å²) in [5.41, 5.74) is 1.10. The molecule has 1 unspecified atom stereocenters. The Hall–Kier alpha value is -1.75. The normalized spacial score (nSPS) is 16.9. The predicted octanol–water partition coefficient (Wildman–Crippen LogP) is 2.51. The van der Waals surface area contributed by atoms with Crippen LogP contribution in [-0.4, -0.2) is 36.5 Å². The minimum absolute atomic E-state index is 0.0194. The zero-order valence-corrected chi connectivity index (χ0v) is 12.0. The molecule has 0 fully saturated rings. The molecule has 1 N–H and O–H groups in total. The fourth-order valence-corrected chi connectivity index (χ4v) is 2.20. The van der Waals surface area contributed by atoms with Crippen molar-refractivity contribution in [3.63, 3.8) is 0 Å². The molecule has 1 heterocycles. The first-order valence-electron chi connectivity index (χ1n) is 6.82. The molecule has 0 radical (unpaired) electrons. The molecule has 1 atom stereocenters. The van der Waals surface area contributed by atoms with E-state index in [2.05, 4.69) is 0 Å². The van der Waals surface area contributed by atoms with Gasteiger partial charge in [-0.05, 0) is 32.9 Å². The van der Waals surface area contributed by atoms with E-state index in [0.29, 0.717) is 31.1 Å². The topological polar surface area (TPSA) is 65.0 Å². The first kappa shape index (κ1) is 14.7. The molecule has 0 bridgehead atoms. The molecule has 0 spiro atoms. The molecule has 2 rings (SSSR count). The van der Waals surface area contributed by atoms with Crippen LogP contribution in [0.3, 0.4) is 0 Å². The van der Waals surface area contributed by atoms with E-state index in [0.717, 1.165) is 5.56 Å². The minimum atomic E-state index is -0.988. The van der Waals surface area contributed by atoms with Crippen molar-refractivity contribution in [2.24, 2.45) is 0 Å². The summed E-state index contributed by atoms with van der Waals surface area (Å²) in [4.78, 5) is 11.2. The first-order valence-corrected chi connectivity index (χ1v) is 6.82. The minimum Gasteiger partial charge on any atom is -0.491 e. The molecule has 5 nitrogen and oxygen atoms in total. The molecule has 5 heteroatoms. The summed E-state index contributed by atoms with van der Waals surface area (Å²) in [5.74, 6) is 0.192. The summed E-state index contributed by atoms with van der Waals surface area (Å²) in [6.07, 6.45) is 0.578. The lowest BCUT2D eigenvalue weighted by Crippen LogP contribution is -2.20. The Kier molecular flexibility index (Phi) is 4.49. The number of rotatable bonds is 6. The quantitative estimate of drug-likeness (QED) is 0.867. The molecule has 0 aliphatic carbocycles. The van der Waals surface area contributed by atoms with Crippen molar-refractivity contribution < 1.29 is 24.1 Å². The van der Waals surface area contributed by atoms with Gasteiger partial charge in [-0.25, -0.2) is 4.79 Å². The Balaban J connectivity index is 2.28. The molecule has 0 amide bonds. The van der Waals surface area contributed by atoms with E-state index in [1.165, 1.54) is 0 Å². The van der Waals surface area contributed by atoms with Crippen molar-refractivity contribution in [2.75, 3.05) is 13.2 Å². The molecule has 1 aromatic rings. The number of carboxylic acid groups (broad SMARTS) is 1. The number of carboxylic acids is 1. The highest BCUT2D eigenvalue weighted by atomic mass is 16.5. The third-order valence-corrected chi connectivity index (χ3v) is 3.01. The van der Waals surface area contributed by atoms with Gasteiger partial charge in [-0.3, -0.25) is 0 Å². The van der Waals surface area contributed by atoms with Crippen LogP contribution in [0.5, 0.6) is 11.5 Å². The average Bonchev–Trinajstić information content (AvgIpc) is 2.78. The lowest BCUT2D eigenvalue weighted by Gasteiger charge is -2.13. The average molecular weight is 280 g/mol. The molecule has 0 saturated carbocycles. The molecule has 1 aliphatic rings. The van der Waals surface area contributed by atoms with Crippen molar-refractivity contribution >= 4 is 5.97 Å². The van der Waals surface area contributed by atoms with Crippen LogP contribution >= 0.6 is 0 Å². The van der Waals surface area contributed by atoms with Crippen LogP contribution in [0.4, 0.5) is 0 Å². The lowest BCUT2D eigenvalue weighted by atomic mass is 10.1. The van der Waals surface area contributed by atoms with E-state index in [4.69, 9.17) is 19.3 Å². The number of carbonyl (C=O) groups is 1. The van der Waals surface area contributed by atoms with E-state index in [-0.39, 0.29) is 17.8 Å². The molecular weight excluding hydrogens is 260 g/mol. The number of fused-ring (bicyclic) bond motifs is 1. The van der Waals surface area contributed by atoms with Crippen molar-refractivity contribution in [2.45, 2.75) is 39.4 Å². The fraction of sp³-hybridized carbons (Fsp3) is 0.533. The van der Waals surface area contributed by atoms with Crippen LogP contribution in [0.15, 0.2) is 12.1 Å². The van der Waals surface area contributed by atoms with E-state index < -0.39 is 5.97 Å². The van der Waals surface area contributed by atoms with E-state index >= 15 is 0 Å². The Morgan fingerprint density at radius 1 is 1.50 bits per heavy atom. The number of hydrogen-bond acceptors (Lipinski definition) is 4. The molecule has 0 aromatic heterocycles. The molecule has 20 heavy (non-hydrogen) atoms. The highest BCUT2D eigenvalue weighted by Gasteiger charge is 2.28. The number of aromatic carboxylic acids is 1. The van der Waals surface area contributed by atoms with Gasteiger partial charge in [-0.2, -0.15) is 0 Å². The summed E-state index contributed by atoms with van der Waals surface area (Å²) in [6.45, 7) is 6.87. The van der Waals surface area contributed by atoms with Gasteiger partial charge >= 0.3 is 5.97 Å². The number of ether oxygens (including phenoxy) is 3. The summed E-state index contributed by atoms with van der Waals surface area (Å²) in [5, 5.41) is 9.15. The van der Waals surface area contributed by atoms with Gasteiger partial charge in [-0.15, -0.1) is 0 Å². The van der Waals surface area contributed by atoms with Gasteiger partial charge in [-0.1, -0.05) is 0 Å². The van der Waals surface area contributed by atoms with Gasteiger partial charge in [0.05, 0.1) is 18.3 Å². The maximum Gasteiger partial charge on any atom is 0.335 e. The Morgan fingerprint density at radius 2 is 2.25 bits per heavy atom. The van der Waals surface area contributed by atoms with Crippen molar-refractivity contribution in [1.82, 2.24) is 0 Å². The van der Waals surface area contributed by atoms with Crippen LogP contribution in [-0.2, 0) is 11.2 Å². The maximum absolute atomic E-state index is 11.2. The van der Waals surface area contributed by atoms with Gasteiger partial charge < -0.3 is 19.3 Å². The third kappa shape index (κ3) is 3.22. The van der Waals surface area contributed by atoms with Crippen LogP contribution in [0.1, 0.15) is 36.7 Å². The zero-order valence-electron chi connectivity index (χ0n) is 12.0. The van der Waals surface area contributed by atoms with Gasteiger partial charge in [0.1, 0.15) is 17.6 Å². The molecule has 1 aliphatic heterocycles. The van der Waals surface area contributed by atoms with E-state index in [9.17, 15) is 4.79 Å². The second-order valence-corrected chi connectivity index (χ2v) is 5.03. The summed E-state index contributed by atoms with van der Waals surface area (Å²) < 4.78 is 16.8. The van der Waals surface area contributed by atoms with Crippen LogP contribution < -0.4 is 9.47 Å². The first-order chi connectivity index (χ1) is 9.51. The van der Waals surface area contributed by atoms with Crippen LogP contribution in [0.25, 0.3) is 0 Å². The second-order valence-electron chi connectivity index (χ2n) is 5.03. The lowest BCUT2D eigenvalue weighted by molar-refractivity contribution is 0.0670. The van der Waals surface area contributed by atoms with Crippen molar-refractivity contribution in [1.29, 1.82) is 0 Å². The predicted molar refractivity (Wildman–Crippen MR) is 73.8 cm³/mol. The highest BCUT2D eigenvalue weighted by molar-refractivity contribution is 5.89. The Labute approximate surface area is 118 Å². The summed E-state index contributed by atoms with van der Waals surface area (Å²) in [6, 6.07) is 3.12. The maximum atomic E-state index is 11.2. The smallest absolute Gasteiger partial charge is 0.335 e. The second kappa shape index (κ2) is 6.13. The molecular formula is C15H20O5. The van der Waals surface area contributed by atoms with Gasteiger partial charge in [0.2, 0.25) is 0 Å². The van der Waals surface area contributed by atoms with Gasteiger partial charge in [0, 0.05) is 18.6 Å². The SMILES string of the molecule is CCOCC1Cc2c(OC(C)C)cc(C(=O)O)cc2O1. The van der Waals surface area contributed by atoms with Gasteiger partial charge in [0.15, 0.2) is 0 Å². The Morgan fingerprint density at radius 3 is 2.85 bits per heavy atom. The van der Waals surface area contributed by atoms with Gasteiger partial charge in [0.25, 0.3) is 0 Å². The van der Waals surface area contributed by atoms with Crippen LogP contribution in [0.2, 0.25) is 0 Å². The Bertz CT molecular complexity index is 495. The van der Waals surface area contributed by atoms with Crippen LogP contribution in [0, 0.1) is 0 Å². The molecule has 1 aromatic carbocycles. The summed E-state index contributed by atoms with van der Waals surface area (Å²) >= 11 is 0. The monoisotopic (exact) mass is 280 g/mol.